The largest absolute Gasteiger partial charge is 0.454 e. The van der Waals surface area contributed by atoms with Gasteiger partial charge in [0.15, 0.2) is 10.8 Å². The predicted molar refractivity (Wildman–Crippen MR) is 61.0 cm³/mol. The molecular formula is C11H9ClN2O2. The molecule has 1 aromatic heterocycles. The van der Waals surface area contributed by atoms with Gasteiger partial charge in [-0.3, -0.25) is 4.79 Å². The zero-order chi connectivity index (χ0) is 11.5. The summed E-state index contributed by atoms with van der Waals surface area (Å²) in [5, 5.41) is 3.86. The van der Waals surface area contributed by atoms with Crippen molar-refractivity contribution < 1.29 is 4.74 Å². The van der Waals surface area contributed by atoms with E-state index in [0.717, 1.165) is 4.68 Å². The van der Waals surface area contributed by atoms with Gasteiger partial charge in [0, 0.05) is 7.05 Å². The zero-order valence-corrected chi connectivity index (χ0v) is 9.31. The first-order valence-corrected chi connectivity index (χ1v) is 5.01. The number of hydrogen-bond donors (Lipinski definition) is 0. The second-order valence-electron chi connectivity index (χ2n) is 3.17. The highest BCUT2D eigenvalue weighted by Crippen LogP contribution is 2.24. The van der Waals surface area contributed by atoms with Crippen LogP contribution in [0.2, 0.25) is 5.02 Å². The number of ether oxygens (including phenoxy) is 1. The molecule has 0 fully saturated rings. The fraction of sp³-hybridized carbons (Fsp3) is 0.0909. The van der Waals surface area contributed by atoms with Gasteiger partial charge in [0.2, 0.25) is 0 Å². The lowest BCUT2D eigenvalue weighted by Crippen LogP contribution is -2.19. The van der Waals surface area contributed by atoms with Crippen molar-refractivity contribution in [3.63, 3.8) is 0 Å². The van der Waals surface area contributed by atoms with Gasteiger partial charge in [0.1, 0.15) is 5.75 Å². The predicted octanol–water partition coefficient (Wildman–Crippen LogP) is 2.23. The van der Waals surface area contributed by atoms with Gasteiger partial charge in [-0.15, -0.1) is 0 Å². The van der Waals surface area contributed by atoms with Crippen LogP contribution in [0.5, 0.6) is 11.5 Å². The number of para-hydroxylation sites is 1. The van der Waals surface area contributed by atoms with Crippen molar-refractivity contribution in [2.24, 2.45) is 7.05 Å². The first-order chi connectivity index (χ1) is 7.68. The van der Waals surface area contributed by atoms with E-state index in [9.17, 15) is 4.79 Å². The minimum absolute atomic E-state index is 0.0290. The van der Waals surface area contributed by atoms with Crippen molar-refractivity contribution in [1.82, 2.24) is 9.78 Å². The number of benzene rings is 1. The van der Waals surface area contributed by atoms with E-state index in [1.807, 2.05) is 18.2 Å². The summed E-state index contributed by atoms with van der Waals surface area (Å²) in [6, 6.07) is 9.08. The van der Waals surface area contributed by atoms with Crippen LogP contribution in [0.3, 0.4) is 0 Å². The molecule has 0 aliphatic heterocycles. The first kappa shape index (κ1) is 10.7. The SMILES string of the molecule is Cn1ncc(Oc2ccccc2)c(Cl)c1=O. The lowest BCUT2D eigenvalue weighted by molar-refractivity contribution is 0.473. The maximum Gasteiger partial charge on any atom is 0.289 e. The molecule has 82 valence electrons. The monoisotopic (exact) mass is 236 g/mol. The minimum Gasteiger partial charge on any atom is -0.454 e. The van der Waals surface area contributed by atoms with Crippen LogP contribution in [0.15, 0.2) is 41.3 Å². The lowest BCUT2D eigenvalue weighted by atomic mass is 10.3. The van der Waals surface area contributed by atoms with Crippen molar-refractivity contribution in [2.45, 2.75) is 0 Å². The molecule has 2 rings (SSSR count). The van der Waals surface area contributed by atoms with Crippen LogP contribution in [-0.4, -0.2) is 9.78 Å². The maximum atomic E-state index is 11.5. The maximum absolute atomic E-state index is 11.5. The number of aryl methyl sites for hydroxylation is 1. The zero-order valence-electron chi connectivity index (χ0n) is 8.55. The van der Waals surface area contributed by atoms with Gasteiger partial charge in [0.05, 0.1) is 6.20 Å². The minimum atomic E-state index is -0.380. The van der Waals surface area contributed by atoms with E-state index in [-0.39, 0.29) is 16.3 Å². The molecule has 0 radical (unpaired) electrons. The van der Waals surface area contributed by atoms with Gasteiger partial charge in [-0.05, 0) is 12.1 Å². The third-order valence-corrected chi connectivity index (χ3v) is 2.37. The molecule has 1 aromatic carbocycles. The third-order valence-electron chi connectivity index (χ3n) is 2.02. The van der Waals surface area contributed by atoms with Gasteiger partial charge in [-0.2, -0.15) is 5.10 Å². The number of halogens is 1. The van der Waals surface area contributed by atoms with Crippen molar-refractivity contribution in [3.8, 4) is 11.5 Å². The molecule has 0 aliphatic carbocycles. The Labute approximate surface area is 97.0 Å². The molecule has 0 amide bonds. The molecule has 2 aromatic rings. The Morgan fingerprint density at radius 1 is 1.31 bits per heavy atom. The van der Waals surface area contributed by atoms with Gasteiger partial charge in [-0.1, -0.05) is 29.8 Å². The Morgan fingerprint density at radius 3 is 2.69 bits per heavy atom. The average Bonchev–Trinajstić information content (AvgIpc) is 2.31. The van der Waals surface area contributed by atoms with E-state index in [0.29, 0.717) is 5.75 Å². The second-order valence-corrected chi connectivity index (χ2v) is 3.54. The molecule has 16 heavy (non-hydrogen) atoms. The number of nitrogens with zero attached hydrogens (tertiary/aromatic N) is 2. The molecule has 0 unspecified atom stereocenters. The Bertz CT molecular complexity index is 552. The molecule has 0 aliphatic rings. The highest BCUT2D eigenvalue weighted by atomic mass is 35.5. The summed E-state index contributed by atoms with van der Waals surface area (Å²) in [7, 11) is 1.53. The molecular weight excluding hydrogens is 228 g/mol. The molecule has 0 saturated heterocycles. The quantitative estimate of drug-likeness (QED) is 0.803. The van der Waals surface area contributed by atoms with E-state index in [4.69, 9.17) is 16.3 Å². The average molecular weight is 237 g/mol. The summed E-state index contributed by atoms with van der Waals surface area (Å²) in [5.41, 5.74) is -0.380. The second kappa shape index (κ2) is 4.37. The molecule has 4 nitrogen and oxygen atoms in total. The lowest BCUT2D eigenvalue weighted by Gasteiger charge is -2.06. The number of aromatic nitrogens is 2. The van der Waals surface area contributed by atoms with Crippen molar-refractivity contribution >= 4 is 11.6 Å². The van der Waals surface area contributed by atoms with Gasteiger partial charge in [0.25, 0.3) is 5.56 Å². The van der Waals surface area contributed by atoms with Gasteiger partial charge < -0.3 is 4.74 Å². The summed E-state index contributed by atoms with van der Waals surface area (Å²) in [6.45, 7) is 0. The summed E-state index contributed by atoms with van der Waals surface area (Å²) in [4.78, 5) is 11.5. The Kier molecular flexibility index (Phi) is 2.92. The molecule has 1 heterocycles. The smallest absolute Gasteiger partial charge is 0.289 e. The summed E-state index contributed by atoms with van der Waals surface area (Å²) >= 11 is 5.85. The van der Waals surface area contributed by atoms with Crippen LogP contribution in [0, 0.1) is 0 Å². The number of rotatable bonds is 2. The van der Waals surface area contributed by atoms with Crippen LogP contribution in [0.25, 0.3) is 0 Å². The molecule has 5 heteroatoms. The van der Waals surface area contributed by atoms with E-state index in [1.54, 1.807) is 12.1 Å². The van der Waals surface area contributed by atoms with Crippen LogP contribution in [0.4, 0.5) is 0 Å². The van der Waals surface area contributed by atoms with Crippen LogP contribution in [-0.2, 0) is 7.05 Å². The molecule has 0 bridgehead atoms. The molecule has 0 atom stereocenters. The van der Waals surface area contributed by atoms with Crippen LogP contribution >= 0.6 is 11.6 Å². The highest BCUT2D eigenvalue weighted by molar-refractivity contribution is 6.31. The van der Waals surface area contributed by atoms with E-state index >= 15 is 0 Å². The standard InChI is InChI=1S/C11H9ClN2O2/c1-14-11(15)10(12)9(7-13-14)16-8-5-3-2-4-6-8/h2-7H,1H3. The van der Waals surface area contributed by atoms with Crippen molar-refractivity contribution in [1.29, 1.82) is 0 Å². The first-order valence-electron chi connectivity index (χ1n) is 4.63. The van der Waals surface area contributed by atoms with E-state index in [1.165, 1.54) is 13.2 Å². The normalized spacial score (nSPS) is 10.1. The van der Waals surface area contributed by atoms with Crippen LogP contribution in [0.1, 0.15) is 0 Å². The Morgan fingerprint density at radius 2 is 2.00 bits per heavy atom. The van der Waals surface area contributed by atoms with Gasteiger partial charge in [-0.25, -0.2) is 4.68 Å². The third kappa shape index (κ3) is 2.06. The van der Waals surface area contributed by atoms with E-state index in [2.05, 4.69) is 5.10 Å². The fourth-order valence-electron chi connectivity index (χ4n) is 1.18. The molecule has 0 N–H and O–H groups in total. The van der Waals surface area contributed by atoms with Gasteiger partial charge >= 0.3 is 0 Å². The summed E-state index contributed by atoms with van der Waals surface area (Å²) < 4.78 is 6.59. The summed E-state index contributed by atoms with van der Waals surface area (Å²) in [5.74, 6) is 0.871. The van der Waals surface area contributed by atoms with Crippen LogP contribution < -0.4 is 10.3 Å². The Balaban J connectivity index is 2.37. The van der Waals surface area contributed by atoms with E-state index < -0.39 is 0 Å². The topological polar surface area (TPSA) is 44.1 Å². The molecule has 0 saturated carbocycles. The summed E-state index contributed by atoms with van der Waals surface area (Å²) in [6.07, 6.45) is 1.41. The molecule has 0 spiro atoms. The highest BCUT2D eigenvalue weighted by Gasteiger charge is 2.08. The Hall–Kier alpha value is -1.81. The number of hydrogen-bond acceptors (Lipinski definition) is 3. The fourth-order valence-corrected chi connectivity index (χ4v) is 1.39. The van der Waals surface area contributed by atoms with Crippen molar-refractivity contribution in [3.05, 3.63) is 51.9 Å². The van der Waals surface area contributed by atoms with Crippen molar-refractivity contribution in [2.75, 3.05) is 0 Å².